The first kappa shape index (κ1) is 15.2. The lowest BCUT2D eigenvalue weighted by molar-refractivity contribution is -0.141. The van der Waals surface area contributed by atoms with E-state index in [4.69, 9.17) is 5.73 Å². The molecule has 6 heteroatoms. The smallest absolute Gasteiger partial charge is 0.396 e. The van der Waals surface area contributed by atoms with Crippen molar-refractivity contribution < 1.29 is 13.2 Å². The molecule has 112 valence electrons. The van der Waals surface area contributed by atoms with Gasteiger partial charge in [0, 0.05) is 6.54 Å². The van der Waals surface area contributed by atoms with Crippen molar-refractivity contribution in [2.45, 2.75) is 26.1 Å². The zero-order chi connectivity index (χ0) is 15.5. The third kappa shape index (κ3) is 3.87. The van der Waals surface area contributed by atoms with Crippen molar-refractivity contribution in [3.8, 4) is 0 Å². The molecule has 0 saturated heterocycles. The Bertz CT molecular complexity index is 607. The molecule has 1 aromatic carbocycles. The van der Waals surface area contributed by atoms with Crippen LogP contribution in [0.4, 0.5) is 24.5 Å². The maximum Gasteiger partial charge on any atom is 0.433 e. The van der Waals surface area contributed by atoms with Crippen LogP contribution in [0.5, 0.6) is 0 Å². The van der Waals surface area contributed by atoms with Gasteiger partial charge in [0.1, 0.15) is 5.69 Å². The van der Waals surface area contributed by atoms with E-state index in [1.165, 1.54) is 5.56 Å². The Morgan fingerprint density at radius 1 is 1.14 bits per heavy atom. The largest absolute Gasteiger partial charge is 0.433 e. The zero-order valence-electron chi connectivity index (χ0n) is 11.5. The average molecular weight is 295 g/mol. The van der Waals surface area contributed by atoms with Gasteiger partial charge in [-0.15, -0.1) is 0 Å². The molecule has 0 atom stereocenters. The van der Waals surface area contributed by atoms with Crippen LogP contribution in [0.2, 0.25) is 0 Å². The van der Waals surface area contributed by atoms with E-state index >= 15 is 0 Å². The van der Waals surface area contributed by atoms with E-state index < -0.39 is 11.9 Å². The van der Waals surface area contributed by atoms with E-state index in [1.54, 1.807) is 0 Å². The van der Waals surface area contributed by atoms with Gasteiger partial charge in [-0.2, -0.15) is 13.2 Å². The number of aryl methyl sites for hydroxylation is 1. The first-order chi connectivity index (χ1) is 9.90. The third-order valence-electron chi connectivity index (χ3n) is 3.14. The maximum atomic E-state index is 12.6. The van der Waals surface area contributed by atoms with Crippen LogP contribution >= 0.6 is 0 Å². The molecule has 0 aliphatic rings. The fraction of sp³-hybridized carbons (Fsp3) is 0.267. The summed E-state index contributed by atoms with van der Waals surface area (Å²) in [6, 6.07) is 8.79. The number of pyridine rings is 1. The standard InChI is InChI=1S/C15H16F3N3/c1-2-10-3-5-11(6-4-10)8-20-13-7-14(15(16,17)18)21-9-12(13)19/h3-7,9H,2,8,19H2,1H3,(H,20,21). The molecule has 2 rings (SSSR count). The fourth-order valence-corrected chi connectivity index (χ4v) is 1.86. The van der Waals surface area contributed by atoms with Gasteiger partial charge in [-0.05, 0) is 23.6 Å². The van der Waals surface area contributed by atoms with Gasteiger partial charge in [-0.3, -0.25) is 0 Å². The normalized spacial score (nSPS) is 11.4. The first-order valence-corrected chi connectivity index (χ1v) is 6.54. The molecule has 0 bridgehead atoms. The number of nitrogens with one attached hydrogen (secondary N) is 1. The lowest BCUT2D eigenvalue weighted by atomic mass is 10.1. The van der Waals surface area contributed by atoms with Gasteiger partial charge in [-0.25, -0.2) is 4.98 Å². The summed E-state index contributed by atoms with van der Waals surface area (Å²) in [5.41, 5.74) is 7.29. The van der Waals surface area contributed by atoms with Crippen molar-refractivity contribution in [2.24, 2.45) is 0 Å². The quantitative estimate of drug-likeness (QED) is 0.900. The Labute approximate surface area is 121 Å². The average Bonchev–Trinajstić information content (AvgIpc) is 2.45. The van der Waals surface area contributed by atoms with Crippen LogP contribution in [0.3, 0.4) is 0 Å². The Morgan fingerprint density at radius 3 is 2.33 bits per heavy atom. The fourth-order valence-electron chi connectivity index (χ4n) is 1.86. The second kappa shape index (κ2) is 6.03. The Hall–Kier alpha value is -2.24. The molecule has 0 unspecified atom stereocenters. The van der Waals surface area contributed by atoms with Gasteiger partial charge in [0.2, 0.25) is 0 Å². The van der Waals surface area contributed by atoms with Gasteiger partial charge in [0.15, 0.2) is 0 Å². The monoisotopic (exact) mass is 295 g/mol. The summed E-state index contributed by atoms with van der Waals surface area (Å²) in [6.07, 6.45) is -2.52. The lowest BCUT2D eigenvalue weighted by Gasteiger charge is -2.12. The minimum atomic E-state index is -4.48. The Morgan fingerprint density at radius 2 is 1.76 bits per heavy atom. The summed E-state index contributed by atoms with van der Waals surface area (Å²) in [7, 11) is 0. The molecule has 3 nitrogen and oxygen atoms in total. The molecular formula is C15H16F3N3. The number of nitrogens with zero attached hydrogens (tertiary/aromatic N) is 1. The van der Waals surface area contributed by atoms with Crippen LogP contribution in [0.25, 0.3) is 0 Å². The molecule has 0 aliphatic carbocycles. The van der Waals surface area contributed by atoms with Crippen molar-refractivity contribution >= 4 is 11.4 Å². The number of hydrogen-bond acceptors (Lipinski definition) is 3. The van der Waals surface area contributed by atoms with Gasteiger partial charge < -0.3 is 11.1 Å². The number of rotatable bonds is 4. The first-order valence-electron chi connectivity index (χ1n) is 6.54. The number of nitrogens with two attached hydrogens (primary N) is 1. The number of anilines is 2. The van der Waals surface area contributed by atoms with E-state index in [1.807, 2.05) is 24.3 Å². The number of alkyl halides is 3. The molecule has 1 aromatic heterocycles. The number of aromatic nitrogens is 1. The Balaban J connectivity index is 2.11. The van der Waals surface area contributed by atoms with Gasteiger partial charge in [0.05, 0.1) is 17.6 Å². The number of hydrogen-bond donors (Lipinski definition) is 2. The number of nitrogen functional groups attached to an aromatic ring is 1. The molecule has 0 fully saturated rings. The molecule has 0 radical (unpaired) electrons. The molecule has 0 aliphatic heterocycles. The summed E-state index contributed by atoms with van der Waals surface area (Å²) >= 11 is 0. The van der Waals surface area contributed by atoms with E-state index in [0.29, 0.717) is 6.54 Å². The molecule has 21 heavy (non-hydrogen) atoms. The highest BCUT2D eigenvalue weighted by Gasteiger charge is 2.32. The summed E-state index contributed by atoms with van der Waals surface area (Å²) in [5, 5.41) is 2.91. The zero-order valence-corrected chi connectivity index (χ0v) is 11.5. The molecule has 0 saturated carbocycles. The van der Waals surface area contributed by atoms with Crippen LogP contribution < -0.4 is 11.1 Å². The van der Waals surface area contributed by atoms with Crippen molar-refractivity contribution in [1.29, 1.82) is 0 Å². The molecule has 0 spiro atoms. The molecule has 1 heterocycles. The predicted molar refractivity (Wildman–Crippen MR) is 76.8 cm³/mol. The van der Waals surface area contributed by atoms with Gasteiger partial charge in [-0.1, -0.05) is 31.2 Å². The SMILES string of the molecule is CCc1ccc(CNc2cc(C(F)(F)F)ncc2N)cc1. The van der Waals surface area contributed by atoms with E-state index in [-0.39, 0.29) is 11.4 Å². The topological polar surface area (TPSA) is 50.9 Å². The van der Waals surface area contributed by atoms with Gasteiger partial charge in [0.25, 0.3) is 0 Å². The van der Waals surface area contributed by atoms with Crippen LogP contribution in [-0.2, 0) is 19.1 Å². The minimum absolute atomic E-state index is 0.188. The minimum Gasteiger partial charge on any atom is -0.396 e. The number of halogens is 3. The molecular weight excluding hydrogens is 279 g/mol. The highest BCUT2D eigenvalue weighted by atomic mass is 19.4. The van der Waals surface area contributed by atoms with Crippen molar-refractivity contribution in [1.82, 2.24) is 4.98 Å². The molecule has 3 N–H and O–H groups in total. The van der Waals surface area contributed by atoms with E-state index in [2.05, 4.69) is 17.2 Å². The van der Waals surface area contributed by atoms with Gasteiger partial charge >= 0.3 is 6.18 Å². The van der Waals surface area contributed by atoms with Crippen molar-refractivity contribution in [3.63, 3.8) is 0 Å². The summed E-state index contributed by atoms with van der Waals surface area (Å²) in [5.74, 6) is 0. The van der Waals surface area contributed by atoms with Crippen LogP contribution in [0, 0.1) is 0 Å². The van der Waals surface area contributed by atoms with E-state index in [0.717, 1.165) is 24.2 Å². The highest BCUT2D eigenvalue weighted by molar-refractivity contribution is 5.65. The summed E-state index contributed by atoms with van der Waals surface area (Å²) in [4.78, 5) is 3.30. The van der Waals surface area contributed by atoms with Crippen molar-refractivity contribution in [3.05, 3.63) is 53.3 Å². The van der Waals surface area contributed by atoms with E-state index in [9.17, 15) is 13.2 Å². The third-order valence-corrected chi connectivity index (χ3v) is 3.14. The lowest BCUT2D eigenvalue weighted by Crippen LogP contribution is -2.10. The second-order valence-electron chi connectivity index (χ2n) is 4.68. The van der Waals surface area contributed by atoms with Crippen LogP contribution in [-0.4, -0.2) is 4.98 Å². The summed E-state index contributed by atoms with van der Waals surface area (Å²) < 4.78 is 37.8. The van der Waals surface area contributed by atoms with Crippen molar-refractivity contribution in [2.75, 3.05) is 11.1 Å². The summed E-state index contributed by atoms with van der Waals surface area (Å²) in [6.45, 7) is 2.46. The number of benzene rings is 1. The van der Waals surface area contributed by atoms with Crippen LogP contribution in [0.1, 0.15) is 23.7 Å². The van der Waals surface area contributed by atoms with Crippen LogP contribution in [0.15, 0.2) is 36.5 Å². The second-order valence-corrected chi connectivity index (χ2v) is 4.68. The molecule has 2 aromatic rings. The Kier molecular flexibility index (Phi) is 4.35. The maximum absolute atomic E-state index is 12.6. The molecule has 0 amide bonds. The highest BCUT2D eigenvalue weighted by Crippen LogP contribution is 2.31. The predicted octanol–water partition coefficient (Wildman–Crippen LogP) is 3.86.